The van der Waals surface area contributed by atoms with Crippen LogP contribution in [0, 0.1) is 6.92 Å². The fourth-order valence-corrected chi connectivity index (χ4v) is 3.32. The molecule has 0 saturated carbocycles. The largest absolute Gasteiger partial charge is 0.497 e. The summed E-state index contributed by atoms with van der Waals surface area (Å²) in [4.78, 5) is 21.6. The van der Waals surface area contributed by atoms with Crippen molar-refractivity contribution in [2.24, 2.45) is 0 Å². The van der Waals surface area contributed by atoms with Crippen LogP contribution < -0.4 is 20.1 Å². The van der Waals surface area contributed by atoms with E-state index >= 15 is 0 Å². The van der Waals surface area contributed by atoms with Gasteiger partial charge < -0.3 is 20.1 Å². The number of aryl methyl sites for hydroxylation is 1. The first-order chi connectivity index (χ1) is 16.0. The summed E-state index contributed by atoms with van der Waals surface area (Å²) in [7, 11) is 3.12. The molecule has 0 spiro atoms. The van der Waals surface area contributed by atoms with Crippen LogP contribution in [0.4, 0.5) is 17.3 Å². The van der Waals surface area contributed by atoms with E-state index in [-0.39, 0.29) is 5.91 Å². The molecule has 166 valence electrons. The molecule has 0 radical (unpaired) electrons. The third-order valence-electron chi connectivity index (χ3n) is 4.99. The smallest absolute Gasteiger partial charge is 0.255 e. The Morgan fingerprint density at radius 2 is 1.48 bits per heavy atom. The second-order valence-electron chi connectivity index (χ2n) is 7.43. The van der Waals surface area contributed by atoms with E-state index in [9.17, 15) is 4.79 Å². The lowest BCUT2D eigenvalue weighted by molar-refractivity contribution is 0.102. The van der Waals surface area contributed by atoms with Gasteiger partial charge in [0.1, 0.15) is 11.5 Å². The number of hydrogen-bond acceptors (Lipinski definition) is 6. The van der Waals surface area contributed by atoms with Gasteiger partial charge in [-0.3, -0.25) is 4.79 Å². The number of carbonyl (C=O) groups excluding carboxylic acids is 1. The minimum atomic E-state index is -0.260. The molecule has 0 aliphatic carbocycles. The zero-order valence-electron chi connectivity index (χ0n) is 18.6. The van der Waals surface area contributed by atoms with E-state index < -0.39 is 0 Å². The molecular formula is C26H24N4O3. The quantitative estimate of drug-likeness (QED) is 0.397. The number of rotatable bonds is 7. The highest BCUT2D eigenvalue weighted by Gasteiger charge is 2.10. The van der Waals surface area contributed by atoms with Gasteiger partial charge in [-0.05, 0) is 30.7 Å². The molecule has 0 aliphatic rings. The summed E-state index contributed by atoms with van der Waals surface area (Å²) in [5.41, 5.74) is 4.94. The molecule has 4 rings (SSSR count). The third-order valence-corrected chi connectivity index (χ3v) is 4.99. The number of amides is 1. The number of carbonyl (C=O) groups is 1. The van der Waals surface area contributed by atoms with Crippen LogP contribution in [0.25, 0.3) is 11.1 Å². The zero-order valence-corrected chi connectivity index (χ0v) is 18.6. The summed E-state index contributed by atoms with van der Waals surface area (Å²) in [5.74, 6) is 1.36. The van der Waals surface area contributed by atoms with Gasteiger partial charge in [0.2, 0.25) is 5.95 Å². The van der Waals surface area contributed by atoms with Gasteiger partial charge in [-0.15, -0.1) is 0 Å². The number of hydrogen-bond donors (Lipinski definition) is 2. The molecule has 0 saturated heterocycles. The number of benzene rings is 3. The second-order valence-corrected chi connectivity index (χ2v) is 7.43. The Bertz CT molecular complexity index is 1250. The molecule has 0 unspecified atom stereocenters. The van der Waals surface area contributed by atoms with E-state index in [0.29, 0.717) is 34.4 Å². The van der Waals surface area contributed by atoms with Gasteiger partial charge in [0.15, 0.2) is 0 Å². The lowest BCUT2D eigenvalue weighted by Gasteiger charge is -2.11. The molecule has 1 heterocycles. The van der Waals surface area contributed by atoms with Gasteiger partial charge in [-0.1, -0.05) is 35.9 Å². The topological polar surface area (TPSA) is 85.4 Å². The predicted octanol–water partition coefficient (Wildman–Crippen LogP) is 5.47. The van der Waals surface area contributed by atoms with Crippen molar-refractivity contribution in [2.45, 2.75) is 6.92 Å². The molecule has 33 heavy (non-hydrogen) atoms. The fraction of sp³-hybridized carbons (Fsp3) is 0.115. The molecule has 4 aromatic rings. The summed E-state index contributed by atoms with van der Waals surface area (Å²) in [6.45, 7) is 2.05. The fourth-order valence-electron chi connectivity index (χ4n) is 3.32. The second kappa shape index (κ2) is 9.82. The Hall–Kier alpha value is -4.39. The minimum absolute atomic E-state index is 0.260. The van der Waals surface area contributed by atoms with Gasteiger partial charge in [0.25, 0.3) is 5.91 Å². The van der Waals surface area contributed by atoms with Crippen LogP contribution in [0.5, 0.6) is 11.5 Å². The summed E-state index contributed by atoms with van der Waals surface area (Å²) in [5, 5.41) is 6.02. The summed E-state index contributed by atoms with van der Waals surface area (Å²) < 4.78 is 10.5. The Kier molecular flexibility index (Phi) is 6.50. The van der Waals surface area contributed by atoms with Crippen molar-refractivity contribution in [3.05, 3.63) is 90.3 Å². The van der Waals surface area contributed by atoms with E-state index in [0.717, 1.165) is 11.1 Å². The van der Waals surface area contributed by atoms with Gasteiger partial charge >= 0.3 is 0 Å². The first-order valence-electron chi connectivity index (χ1n) is 10.3. The van der Waals surface area contributed by atoms with Crippen molar-refractivity contribution in [3.8, 4) is 22.6 Å². The van der Waals surface area contributed by atoms with Crippen LogP contribution in [-0.2, 0) is 0 Å². The third kappa shape index (κ3) is 5.46. The van der Waals surface area contributed by atoms with Crippen LogP contribution in [0.1, 0.15) is 15.9 Å². The maximum atomic E-state index is 12.8. The van der Waals surface area contributed by atoms with E-state index in [1.54, 1.807) is 63.0 Å². The van der Waals surface area contributed by atoms with Crippen molar-refractivity contribution >= 4 is 23.2 Å². The number of aromatic nitrogens is 2. The molecule has 0 aliphatic heterocycles. The molecule has 3 aromatic carbocycles. The number of nitrogens with zero attached hydrogens (tertiary/aromatic N) is 2. The first kappa shape index (κ1) is 21.8. The van der Waals surface area contributed by atoms with E-state index in [4.69, 9.17) is 9.47 Å². The van der Waals surface area contributed by atoms with Gasteiger partial charge in [-0.2, -0.15) is 0 Å². The molecule has 7 heteroatoms. The number of ether oxygens (including phenoxy) is 2. The maximum Gasteiger partial charge on any atom is 0.255 e. The zero-order chi connectivity index (χ0) is 23.2. The summed E-state index contributed by atoms with van der Waals surface area (Å²) >= 11 is 0. The number of nitrogens with one attached hydrogen (secondary N) is 2. The Balaban J connectivity index is 1.47. The highest BCUT2D eigenvalue weighted by Crippen LogP contribution is 2.26. The average Bonchev–Trinajstić information content (AvgIpc) is 2.84. The molecular weight excluding hydrogens is 416 g/mol. The van der Waals surface area contributed by atoms with Gasteiger partial charge in [0, 0.05) is 53.1 Å². The van der Waals surface area contributed by atoms with Crippen molar-refractivity contribution in [2.75, 3.05) is 24.9 Å². The molecule has 0 fully saturated rings. The van der Waals surface area contributed by atoms with Crippen LogP contribution in [0.15, 0.2) is 79.1 Å². The predicted molar refractivity (Wildman–Crippen MR) is 129 cm³/mol. The highest BCUT2D eigenvalue weighted by molar-refractivity contribution is 6.05. The Labute approximate surface area is 192 Å². The van der Waals surface area contributed by atoms with Crippen LogP contribution in [0.2, 0.25) is 0 Å². The maximum absolute atomic E-state index is 12.8. The first-order valence-corrected chi connectivity index (χ1v) is 10.3. The highest BCUT2D eigenvalue weighted by atomic mass is 16.5. The molecule has 1 amide bonds. The number of anilines is 3. The molecule has 7 nitrogen and oxygen atoms in total. The van der Waals surface area contributed by atoms with E-state index in [1.807, 2.05) is 31.2 Å². The molecule has 2 N–H and O–H groups in total. The Morgan fingerprint density at radius 3 is 2.15 bits per heavy atom. The average molecular weight is 441 g/mol. The van der Waals surface area contributed by atoms with Crippen LogP contribution >= 0.6 is 0 Å². The number of methoxy groups -OCH3 is 2. The molecule has 1 aromatic heterocycles. The molecule has 0 atom stereocenters. The van der Waals surface area contributed by atoms with Crippen molar-refractivity contribution < 1.29 is 14.3 Å². The van der Waals surface area contributed by atoms with Gasteiger partial charge in [0.05, 0.1) is 14.2 Å². The monoisotopic (exact) mass is 440 g/mol. The normalized spacial score (nSPS) is 10.4. The summed E-state index contributed by atoms with van der Waals surface area (Å²) in [6, 6.07) is 20.5. The van der Waals surface area contributed by atoms with Crippen molar-refractivity contribution in [3.63, 3.8) is 0 Å². The standard InChI is InChI=1S/C26H24N4O3/c1-17-6-4-7-18(10-17)20-15-27-26(28-16-20)30-21-9-5-8-19(11-21)25(31)29-22-12-23(32-2)14-24(13-22)33-3/h4-16H,1-3H3,(H,29,31)(H,27,28,30). The molecule has 0 bridgehead atoms. The SMILES string of the molecule is COc1cc(NC(=O)c2cccc(Nc3ncc(-c4cccc(C)c4)cn3)c2)cc(OC)c1. The van der Waals surface area contributed by atoms with Gasteiger partial charge in [-0.25, -0.2) is 9.97 Å². The lowest BCUT2D eigenvalue weighted by Crippen LogP contribution is -2.12. The lowest BCUT2D eigenvalue weighted by atomic mass is 10.1. The Morgan fingerprint density at radius 1 is 0.788 bits per heavy atom. The minimum Gasteiger partial charge on any atom is -0.497 e. The van der Waals surface area contributed by atoms with E-state index in [1.165, 1.54) is 5.56 Å². The van der Waals surface area contributed by atoms with Crippen molar-refractivity contribution in [1.82, 2.24) is 9.97 Å². The van der Waals surface area contributed by atoms with E-state index in [2.05, 4.69) is 26.7 Å². The van der Waals surface area contributed by atoms with Crippen LogP contribution in [-0.4, -0.2) is 30.1 Å². The van der Waals surface area contributed by atoms with Crippen LogP contribution in [0.3, 0.4) is 0 Å². The summed E-state index contributed by atoms with van der Waals surface area (Å²) in [6.07, 6.45) is 3.55. The van der Waals surface area contributed by atoms with Crippen molar-refractivity contribution in [1.29, 1.82) is 0 Å².